The molecular formula is C21H28N4O2S. The summed E-state index contributed by atoms with van der Waals surface area (Å²) in [6.45, 7) is 14.4. The Labute approximate surface area is 170 Å². The highest BCUT2D eigenvalue weighted by Gasteiger charge is 2.26. The van der Waals surface area contributed by atoms with Gasteiger partial charge in [0.1, 0.15) is 11.6 Å². The molecule has 0 radical (unpaired) electrons. The number of oxazole rings is 1. The first kappa shape index (κ1) is 20.3. The van der Waals surface area contributed by atoms with Crippen molar-refractivity contribution in [2.75, 3.05) is 5.32 Å². The van der Waals surface area contributed by atoms with Gasteiger partial charge in [0.05, 0.1) is 28.2 Å². The summed E-state index contributed by atoms with van der Waals surface area (Å²) in [6.07, 6.45) is 0.154. The second-order valence-corrected chi connectivity index (χ2v) is 9.92. The molecule has 6 nitrogen and oxygen atoms in total. The molecule has 3 heterocycles. The zero-order valence-electron chi connectivity index (χ0n) is 17.6. The SMILES string of the molecule is Cc1oc(-c2cccs2)nc1CC(=O)Nc1cc(C(C)(C)C)nn1C(C)(C)C. The van der Waals surface area contributed by atoms with Crippen LogP contribution in [-0.4, -0.2) is 20.7 Å². The third-order valence-corrected chi connectivity index (χ3v) is 5.19. The predicted octanol–water partition coefficient (Wildman–Crippen LogP) is 5.14. The summed E-state index contributed by atoms with van der Waals surface area (Å²) in [5.74, 6) is 1.78. The number of aromatic nitrogens is 3. The Kier molecular flexibility index (Phi) is 5.23. The molecule has 0 atom stereocenters. The molecule has 0 aromatic carbocycles. The van der Waals surface area contributed by atoms with Gasteiger partial charge in [-0.3, -0.25) is 4.79 Å². The maximum absolute atomic E-state index is 12.7. The number of amides is 1. The van der Waals surface area contributed by atoms with Crippen molar-refractivity contribution in [3.8, 4) is 10.8 Å². The Balaban J connectivity index is 1.81. The van der Waals surface area contributed by atoms with E-state index in [1.54, 1.807) is 11.3 Å². The van der Waals surface area contributed by atoms with Crippen LogP contribution in [0.15, 0.2) is 28.0 Å². The van der Waals surface area contributed by atoms with Crippen molar-refractivity contribution < 1.29 is 9.21 Å². The topological polar surface area (TPSA) is 73.0 Å². The normalized spacial score (nSPS) is 12.4. The van der Waals surface area contributed by atoms with E-state index in [-0.39, 0.29) is 23.3 Å². The molecule has 0 aliphatic carbocycles. The number of nitrogens with one attached hydrogen (secondary N) is 1. The van der Waals surface area contributed by atoms with Crippen LogP contribution in [0.2, 0.25) is 0 Å². The maximum atomic E-state index is 12.7. The molecular weight excluding hydrogens is 372 g/mol. The standard InChI is InChI=1S/C21H28N4O2S/c1-13-14(22-19(27-13)15-9-8-10-28-15)11-18(26)23-17-12-16(20(2,3)4)24-25(17)21(5,6)7/h8-10,12H,11H2,1-7H3,(H,23,26). The maximum Gasteiger partial charge on any atom is 0.236 e. The van der Waals surface area contributed by atoms with Gasteiger partial charge in [-0.15, -0.1) is 11.3 Å². The van der Waals surface area contributed by atoms with E-state index >= 15 is 0 Å². The number of hydrogen-bond donors (Lipinski definition) is 1. The number of nitrogens with zero attached hydrogens (tertiary/aromatic N) is 3. The lowest BCUT2D eigenvalue weighted by Gasteiger charge is -2.23. The molecule has 0 aliphatic heterocycles. The van der Waals surface area contributed by atoms with Crippen LogP contribution in [0, 0.1) is 6.92 Å². The van der Waals surface area contributed by atoms with Crippen molar-refractivity contribution in [3.63, 3.8) is 0 Å². The number of hydrogen-bond acceptors (Lipinski definition) is 5. The summed E-state index contributed by atoms with van der Waals surface area (Å²) in [6, 6.07) is 5.86. The Bertz CT molecular complexity index is 969. The third-order valence-electron chi connectivity index (χ3n) is 4.33. The second kappa shape index (κ2) is 7.20. The first-order chi connectivity index (χ1) is 12.9. The minimum Gasteiger partial charge on any atom is -0.440 e. The van der Waals surface area contributed by atoms with E-state index in [0.717, 1.165) is 10.6 Å². The highest BCUT2D eigenvalue weighted by atomic mass is 32.1. The summed E-state index contributed by atoms with van der Waals surface area (Å²) in [4.78, 5) is 18.2. The lowest BCUT2D eigenvalue weighted by Crippen LogP contribution is -2.27. The Hall–Kier alpha value is -2.41. The lowest BCUT2D eigenvalue weighted by molar-refractivity contribution is -0.115. The number of anilines is 1. The Morgan fingerprint density at radius 3 is 2.54 bits per heavy atom. The number of rotatable bonds is 4. The summed E-state index contributed by atoms with van der Waals surface area (Å²) in [5.41, 5.74) is 1.24. The van der Waals surface area contributed by atoms with Gasteiger partial charge in [0, 0.05) is 11.5 Å². The van der Waals surface area contributed by atoms with Crippen molar-refractivity contribution >= 4 is 23.1 Å². The van der Waals surface area contributed by atoms with Crippen molar-refractivity contribution in [2.45, 2.75) is 65.8 Å². The lowest BCUT2D eigenvalue weighted by atomic mass is 9.92. The van der Waals surface area contributed by atoms with Gasteiger partial charge in [0.2, 0.25) is 11.8 Å². The van der Waals surface area contributed by atoms with Crippen LogP contribution in [0.1, 0.15) is 58.7 Å². The summed E-state index contributed by atoms with van der Waals surface area (Å²) < 4.78 is 7.61. The molecule has 0 saturated heterocycles. The van der Waals surface area contributed by atoms with Crippen LogP contribution >= 0.6 is 11.3 Å². The molecule has 0 unspecified atom stereocenters. The quantitative estimate of drug-likeness (QED) is 0.658. The van der Waals surface area contributed by atoms with Gasteiger partial charge in [-0.25, -0.2) is 9.67 Å². The van der Waals surface area contributed by atoms with Gasteiger partial charge < -0.3 is 9.73 Å². The fourth-order valence-electron chi connectivity index (χ4n) is 2.78. The van der Waals surface area contributed by atoms with Gasteiger partial charge in [0.15, 0.2) is 0 Å². The first-order valence-electron chi connectivity index (χ1n) is 9.36. The van der Waals surface area contributed by atoms with Gasteiger partial charge >= 0.3 is 0 Å². The van der Waals surface area contributed by atoms with Crippen molar-refractivity contribution in [2.24, 2.45) is 0 Å². The van der Waals surface area contributed by atoms with Crippen LogP contribution < -0.4 is 5.32 Å². The van der Waals surface area contributed by atoms with Gasteiger partial charge in [-0.1, -0.05) is 26.8 Å². The van der Waals surface area contributed by atoms with E-state index in [9.17, 15) is 4.79 Å². The molecule has 0 spiro atoms. The predicted molar refractivity (Wildman–Crippen MR) is 113 cm³/mol. The Morgan fingerprint density at radius 2 is 1.96 bits per heavy atom. The molecule has 3 aromatic rings. The largest absolute Gasteiger partial charge is 0.440 e. The van der Waals surface area contributed by atoms with Crippen molar-refractivity contribution in [1.29, 1.82) is 0 Å². The highest BCUT2D eigenvalue weighted by molar-refractivity contribution is 7.13. The zero-order chi connectivity index (χ0) is 20.7. The van der Waals surface area contributed by atoms with E-state index in [2.05, 4.69) is 51.8 Å². The summed E-state index contributed by atoms with van der Waals surface area (Å²) in [5, 5.41) is 9.72. The third kappa shape index (κ3) is 4.35. The van der Waals surface area contributed by atoms with Gasteiger partial charge in [0.25, 0.3) is 0 Å². The molecule has 0 fully saturated rings. The van der Waals surface area contributed by atoms with Crippen LogP contribution in [0.25, 0.3) is 10.8 Å². The summed E-state index contributed by atoms with van der Waals surface area (Å²) in [7, 11) is 0. The van der Waals surface area contributed by atoms with Crippen LogP contribution in [0.3, 0.4) is 0 Å². The fourth-order valence-corrected chi connectivity index (χ4v) is 3.43. The number of carbonyl (C=O) groups is 1. The number of carbonyl (C=O) groups excluding carboxylic acids is 1. The zero-order valence-corrected chi connectivity index (χ0v) is 18.4. The van der Waals surface area contributed by atoms with Crippen molar-refractivity contribution in [3.05, 3.63) is 40.7 Å². The molecule has 3 aromatic heterocycles. The van der Waals surface area contributed by atoms with Crippen LogP contribution in [-0.2, 0) is 22.2 Å². The second-order valence-electron chi connectivity index (χ2n) is 8.97. The van der Waals surface area contributed by atoms with Crippen molar-refractivity contribution in [1.82, 2.24) is 14.8 Å². The monoisotopic (exact) mass is 400 g/mol. The van der Waals surface area contributed by atoms with Gasteiger partial charge in [-0.05, 0) is 39.1 Å². The van der Waals surface area contributed by atoms with E-state index in [1.165, 1.54) is 0 Å². The molecule has 1 N–H and O–H groups in total. The smallest absolute Gasteiger partial charge is 0.236 e. The molecule has 0 aliphatic rings. The Morgan fingerprint density at radius 1 is 1.25 bits per heavy atom. The van der Waals surface area contributed by atoms with E-state index in [1.807, 2.05) is 35.2 Å². The fraction of sp³-hybridized carbons (Fsp3) is 0.476. The van der Waals surface area contributed by atoms with E-state index < -0.39 is 0 Å². The average Bonchev–Trinajstić information content (AvgIpc) is 3.26. The minimum atomic E-state index is -0.248. The minimum absolute atomic E-state index is 0.103. The molecule has 7 heteroatoms. The molecule has 28 heavy (non-hydrogen) atoms. The molecule has 0 saturated carbocycles. The number of aryl methyl sites for hydroxylation is 1. The first-order valence-corrected chi connectivity index (χ1v) is 10.2. The summed E-state index contributed by atoms with van der Waals surface area (Å²) >= 11 is 1.56. The number of thiophene rings is 1. The van der Waals surface area contributed by atoms with E-state index in [4.69, 9.17) is 9.52 Å². The molecule has 3 rings (SSSR count). The van der Waals surface area contributed by atoms with Crippen LogP contribution in [0.5, 0.6) is 0 Å². The van der Waals surface area contributed by atoms with E-state index in [0.29, 0.717) is 23.2 Å². The van der Waals surface area contributed by atoms with Gasteiger partial charge in [-0.2, -0.15) is 5.10 Å². The molecule has 0 bridgehead atoms. The van der Waals surface area contributed by atoms with Crippen LogP contribution in [0.4, 0.5) is 5.82 Å². The molecule has 1 amide bonds. The molecule has 150 valence electrons. The average molecular weight is 401 g/mol. The highest BCUT2D eigenvalue weighted by Crippen LogP contribution is 2.29.